The van der Waals surface area contributed by atoms with E-state index in [4.69, 9.17) is 0 Å². The zero-order valence-corrected chi connectivity index (χ0v) is 6.21. The average Bonchev–Trinajstić information content (AvgIpc) is 0. The smallest absolute Gasteiger partial charge is 0 e. The molecule has 0 fully saturated rings. The fraction of sp³-hybridized carbons (Fsp3) is 0. The molecular weight excluding hydrogens is 224 g/mol. The minimum absolute atomic E-state index is 0. The van der Waals surface area contributed by atoms with Crippen LogP contribution in [0.15, 0.2) is 0 Å². The second-order valence-corrected chi connectivity index (χ2v) is 0. The van der Waals surface area contributed by atoms with Crippen molar-refractivity contribution in [3.63, 3.8) is 0 Å². The summed E-state index contributed by atoms with van der Waals surface area (Å²) in [5, 5.41) is 0. The van der Waals surface area contributed by atoms with Crippen molar-refractivity contribution in [1.29, 1.82) is 0 Å². The van der Waals surface area contributed by atoms with Crippen molar-refractivity contribution in [2.24, 2.45) is 0 Å². The number of hydrogen-bond donors (Lipinski definition) is 0. The number of rotatable bonds is 0. The molecule has 0 rings (SSSR count). The van der Waals surface area contributed by atoms with Crippen molar-refractivity contribution in [1.82, 2.24) is 0 Å². The molecule has 0 saturated carbocycles. The summed E-state index contributed by atoms with van der Waals surface area (Å²) in [6.45, 7) is 0. The van der Waals surface area contributed by atoms with Crippen LogP contribution >= 0.6 is 0 Å². The molecule has 0 aromatic heterocycles. The Balaban J connectivity index is 0. The third-order valence-electron chi connectivity index (χ3n) is 0. The van der Waals surface area contributed by atoms with Gasteiger partial charge in [0.05, 0.1) is 0 Å². The molecule has 0 aromatic carbocycles. The molecule has 0 spiro atoms. The van der Waals surface area contributed by atoms with Crippen LogP contribution in [0.1, 0.15) is 0 Å². The molecule has 6 heavy (non-hydrogen) atoms. The van der Waals surface area contributed by atoms with Gasteiger partial charge >= 0.3 is 0 Å². The zero-order valence-electron chi connectivity index (χ0n) is 3.00. The van der Waals surface area contributed by atoms with Crippen LogP contribution in [0.5, 0.6) is 0 Å². The SMILES string of the molecule is O.O.O.O.O.[Nd]. The standard InChI is InChI=1S/Nd.5H2O/h;5*1H2. The third kappa shape index (κ3) is 67.0. The summed E-state index contributed by atoms with van der Waals surface area (Å²) >= 11 is 0. The Morgan fingerprint density at radius 2 is 0.333 bits per heavy atom. The van der Waals surface area contributed by atoms with Crippen LogP contribution in [0.4, 0.5) is 0 Å². The minimum Gasteiger partial charge on any atom is -0.412 e. The summed E-state index contributed by atoms with van der Waals surface area (Å²) in [6, 6.07) is 0. The Morgan fingerprint density at radius 3 is 0.333 bits per heavy atom. The summed E-state index contributed by atoms with van der Waals surface area (Å²) in [4.78, 5) is 0. The molecule has 0 radical (unpaired) electrons. The zero-order chi connectivity index (χ0) is 0. The first-order valence-electron chi connectivity index (χ1n) is 0. The predicted octanol–water partition coefficient (Wildman–Crippen LogP) is -4.12. The molecule has 5 nitrogen and oxygen atoms in total. The summed E-state index contributed by atoms with van der Waals surface area (Å²) < 4.78 is 0. The maximum atomic E-state index is 0. The molecule has 10 N–H and O–H groups in total. The fourth-order valence-electron chi connectivity index (χ4n) is 0. The maximum absolute atomic E-state index is 0. The first-order valence-corrected chi connectivity index (χ1v) is 0. The van der Waals surface area contributed by atoms with Gasteiger partial charge in [-0.1, -0.05) is 0 Å². The van der Waals surface area contributed by atoms with Crippen molar-refractivity contribution in [3.05, 3.63) is 0 Å². The Hall–Kier alpha value is 1.15. The van der Waals surface area contributed by atoms with Gasteiger partial charge in [0.1, 0.15) is 0 Å². The summed E-state index contributed by atoms with van der Waals surface area (Å²) in [6.07, 6.45) is 0. The molecule has 0 amide bonds. The molecule has 0 aliphatic rings. The van der Waals surface area contributed by atoms with Crippen LogP contribution < -0.4 is 0 Å². The second-order valence-electron chi connectivity index (χ2n) is 0. The molecule has 0 aromatic rings. The summed E-state index contributed by atoms with van der Waals surface area (Å²) in [5.74, 6) is 0. The van der Waals surface area contributed by atoms with Gasteiger partial charge in [-0.15, -0.1) is 0 Å². The van der Waals surface area contributed by atoms with Gasteiger partial charge in [0.25, 0.3) is 0 Å². The van der Waals surface area contributed by atoms with Crippen molar-refractivity contribution >= 4 is 0 Å². The van der Waals surface area contributed by atoms with Gasteiger partial charge < -0.3 is 27.4 Å². The van der Waals surface area contributed by atoms with Gasteiger partial charge in [-0.05, 0) is 0 Å². The monoisotopic (exact) mass is 232 g/mol. The van der Waals surface area contributed by atoms with Crippen LogP contribution in [0.25, 0.3) is 0 Å². The Kier molecular flexibility index (Phi) is 4200. The van der Waals surface area contributed by atoms with Crippen LogP contribution in [-0.4, -0.2) is 27.4 Å². The van der Waals surface area contributed by atoms with E-state index in [-0.39, 0.29) is 68.2 Å². The predicted molar refractivity (Wildman–Crippen MR) is 18.1 cm³/mol. The minimum atomic E-state index is 0. The van der Waals surface area contributed by atoms with Gasteiger partial charge in [0, 0.05) is 40.8 Å². The van der Waals surface area contributed by atoms with Gasteiger partial charge in [0.15, 0.2) is 0 Å². The van der Waals surface area contributed by atoms with E-state index in [1.165, 1.54) is 0 Å². The van der Waals surface area contributed by atoms with Gasteiger partial charge in [-0.3, -0.25) is 0 Å². The van der Waals surface area contributed by atoms with Gasteiger partial charge in [0.2, 0.25) is 0 Å². The Labute approximate surface area is 67.8 Å². The molecule has 0 unspecified atom stereocenters. The van der Waals surface area contributed by atoms with Crippen molar-refractivity contribution in [2.75, 3.05) is 0 Å². The van der Waals surface area contributed by atoms with E-state index in [1.807, 2.05) is 0 Å². The normalized spacial score (nSPS) is 0. The van der Waals surface area contributed by atoms with Crippen molar-refractivity contribution in [3.8, 4) is 0 Å². The van der Waals surface area contributed by atoms with Gasteiger partial charge in [-0.25, -0.2) is 0 Å². The molecule has 0 aliphatic carbocycles. The Morgan fingerprint density at radius 1 is 0.333 bits per heavy atom. The van der Waals surface area contributed by atoms with E-state index in [0.29, 0.717) is 0 Å². The first kappa shape index (κ1) is 204. The van der Waals surface area contributed by atoms with Crippen LogP contribution in [0.3, 0.4) is 0 Å². The number of hydrogen-bond acceptors (Lipinski definition) is 0. The topological polar surface area (TPSA) is 158 Å². The van der Waals surface area contributed by atoms with E-state index in [2.05, 4.69) is 0 Å². The van der Waals surface area contributed by atoms with Gasteiger partial charge in [-0.2, -0.15) is 0 Å². The molecule has 0 aliphatic heterocycles. The van der Waals surface area contributed by atoms with Crippen LogP contribution in [0.2, 0.25) is 0 Å². The van der Waals surface area contributed by atoms with E-state index in [9.17, 15) is 0 Å². The Bertz CT molecular complexity index is 3.90. The maximum Gasteiger partial charge on any atom is 0 e. The van der Waals surface area contributed by atoms with Crippen molar-refractivity contribution < 1.29 is 68.2 Å². The first-order chi connectivity index (χ1) is 0. The second kappa shape index (κ2) is 123. The average molecular weight is 234 g/mol. The van der Waals surface area contributed by atoms with Crippen LogP contribution in [0, 0.1) is 40.8 Å². The molecular formula is H10NdO5. The molecule has 0 saturated heterocycles. The molecule has 6 heteroatoms. The summed E-state index contributed by atoms with van der Waals surface area (Å²) in [7, 11) is 0. The fourth-order valence-corrected chi connectivity index (χ4v) is 0. The van der Waals surface area contributed by atoms with Crippen molar-refractivity contribution in [2.45, 2.75) is 0 Å². The quantitative estimate of drug-likeness (QED) is 0.399. The largest absolute Gasteiger partial charge is 0.412 e. The molecule has 44 valence electrons. The molecule has 0 bridgehead atoms. The summed E-state index contributed by atoms with van der Waals surface area (Å²) in [5.41, 5.74) is 0. The van der Waals surface area contributed by atoms with Crippen LogP contribution in [-0.2, 0) is 0 Å². The molecule has 0 heterocycles. The van der Waals surface area contributed by atoms with E-state index in [1.54, 1.807) is 0 Å². The van der Waals surface area contributed by atoms with E-state index < -0.39 is 0 Å². The van der Waals surface area contributed by atoms with E-state index >= 15 is 0 Å². The van der Waals surface area contributed by atoms with E-state index in [0.717, 1.165) is 0 Å². The third-order valence-corrected chi connectivity index (χ3v) is 0. The molecule has 0 atom stereocenters.